The van der Waals surface area contributed by atoms with Crippen molar-refractivity contribution in [1.29, 1.82) is 0 Å². The summed E-state index contributed by atoms with van der Waals surface area (Å²) in [7, 11) is 5.41. The quantitative estimate of drug-likeness (QED) is 0.458. The summed E-state index contributed by atoms with van der Waals surface area (Å²) in [6.45, 7) is 0.236. The van der Waals surface area contributed by atoms with Crippen molar-refractivity contribution in [2.24, 2.45) is 0 Å². The van der Waals surface area contributed by atoms with Crippen LogP contribution in [0.4, 0.5) is 4.48 Å². The Morgan fingerprint density at radius 2 is 1.90 bits per heavy atom. The van der Waals surface area contributed by atoms with Gasteiger partial charge in [0.1, 0.15) is 7.85 Å². The van der Waals surface area contributed by atoms with Gasteiger partial charge in [-0.15, -0.1) is 4.48 Å². The Labute approximate surface area is 60.6 Å². The molecule has 0 saturated heterocycles. The zero-order valence-corrected chi connectivity index (χ0v) is 5.47. The minimum Gasteiger partial charge on any atom is -0.155 e. The molecule has 1 aromatic rings. The van der Waals surface area contributed by atoms with Crippen molar-refractivity contribution >= 4 is 13.3 Å². The first-order valence-electron chi connectivity index (χ1n) is 3.01. The van der Waals surface area contributed by atoms with Crippen LogP contribution < -0.4 is 11.0 Å². The van der Waals surface area contributed by atoms with E-state index in [1.54, 1.807) is 29.8 Å². The van der Waals surface area contributed by atoms with E-state index in [1.165, 1.54) is 0 Å². The van der Waals surface area contributed by atoms with Gasteiger partial charge in [-0.2, -0.15) is 5.54 Å². The summed E-state index contributed by atoms with van der Waals surface area (Å²) in [5, 5.41) is 0. The monoisotopic (exact) mass is 135 g/mol. The van der Waals surface area contributed by atoms with E-state index in [2.05, 4.69) is 0 Å². The Balaban J connectivity index is 2.69. The molecule has 0 aromatic heterocycles. The van der Waals surface area contributed by atoms with Crippen molar-refractivity contribution in [3.8, 4) is 0 Å². The summed E-state index contributed by atoms with van der Waals surface area (Å²) in [5.74, 6) is 0. The molecular formula is C7H7BFN. The number of rotatable bonds is 2. The third kappa shape index (κ3) is 1.85. The van der Waals surface area contributed by atoms with Crippen LogP contribution in [0.25, 0.3) is 0 Å². The highest BCUT2D eigenvalue weighted by Gasteiger charge is 1.88. The Bertz CT molecular complexity index is 197. The zero-order valence-electron chi connectivity index (χ0n) is 5.47. The van der Waals surface area contributed by atoms with Crippen LogP contribution >= 0.6 is 0 Å². The van der Waals surface area contributed by atoms with Gasteiger partial charge in [0.05, 0.1) is 6.54 Å². The molecule has 1 N–H and O–H groups in total. The van der Waals surface area contributed by atoms with Gasteiger partial charge < -0.3 is 0 Å². The Kier molecular flexibility index (Phi) is 2.45. The number of halogens is 1. The highest BCUT2D eigenvalue weighted by atomic mass is 19.2. The molecule has 50 valence electrons. The van der Waals surface area contributed by atoms with Crippen molar-refractivity contribution in [1.82, 2.24) is 5.54 Å². The standard InChI is InChI=1S/C7H7BFN/c8-7-3-1-6(2-4-7)5-10-9/h1-4,10H,5H2. The maximum atomic E-state index is 11.5. The highest BCUT2D eigenvalue weighted by Crippen LogP contribution is 1.94. The van der Waals surface area contributed by atoms with Gasteiger partial charge in [-0.3, -0.25) is 0 Å². The second-order valence-electron chi connectivity index (χ2n) is 2.05. The molecule has 0 amide bonds. The van der Waals surface area contributed by atoms with Crippen molar-refractivity contribution in [3.05, 3.63) is 29.8 Å². The number of hydrogen-bond donors (Lipinski definition) is 1. The predicted octanol–water partition coefficient (Wildman–Crippen LogP) is 0.455. The predicted molar refractivity (Wildman–Crippen MR) is 39.8 cm³/mol. The molecule has 1 nitrogen and oxygen atoms in total. The third-order valence-corrected chi connectivity index (χ3v) is 1.25. The lowest BCUT2D eigenvalue weighted by atomic mass is 9.95. The molecule has 0 fully saturated rings. The first-order chi connectivity index (χ1) is 4.83. The van der Waals surface area contributed by atoms with Gasteiger partial charge in [-0.1, -0.05) is 29.7 Å². The molecule has 0 heterocycles. The molecule has 0 spiro atoms. The van der Waals surface area contributed by atoms with Crippen LogP contribution in [-0.4, -0.2) is 7.85 Å². The van der Waals surface area contributed by atoms with Crippen LogP contribution in [-0.2, 0) is 6.54 Å². The van der Waals surface area contributed by atoms with E-state index < -0.39 is 0 Å². The smallest absolute Gasteiger partial charge is 0.113 e. The molecule has 10 heavy (non-hydrogen) atoms. The Morgan fingerprint density at radius 3 is 2.40 bits per heavy atom. The fraction of sp³-hybridized carbons (Fsp3) is 0.143. The molecular weight excluding hydrogens is 128 g/mol. The van der Waals surface area contributed by atoms with Crippen LogP contribution in [0.2, 0.25) is 0 Å². The van der Waals surface area contributed by atoms with Crippen molar-refractivity contribution in [3.63, 3.8) is 0 Å². The summed E-state index contributed by atoms with van der Waals surface area (Å²) < 4.78 is 11.5. The summed E-state index contributed by atoms with van der Waals surface area (Å²) in [5.41, 5.74) is 3.15. The second kappa shape index (κ2) is 3.37. The molecule has 0 aliphatic rings. The summed E-state index contributed by atoms with van der Waals surface area (Å²) in [6.07, 6.45) is 0. The second-order valence-corrected chi connectivity index (χ2v) is 2.05. The normalized spacial score (nSPS) is 9.70. The average Bonchev–Trinajstić information content (AvgIpc) is 1.95. The lowest BCUT2D eigenvalue weighted by molar-refractivity contribution is 0.330. The molecule has 1 rings (SSSR count). The maximum Gasteiger partial charge on any atom is 0.113 e. The zero-order chi connectivity index (χ0) is 7.40. The topological polar surface area (TPSA) is 12.0 Å². The van der Waals surface area contributed by atoms with Gasteiger partial charge in [-0.05, 0) is 5.56 Å². The lowest BCUT2D eigenvalue weighted by Crippen LogP contribution is -2.04. The van der Waals surface area contributed by atoms with Gasteiger partial charge in [0.2, 0.25) is 0 Å². The van der Waals surface area contributed by atoms with Crippen LogP contribution in [0.5, 0.6) is 0 Å². The number of hydrogen-bond acceptors (Lipinski definition) is 1. The van der Waals surface area contributed by atoms with Crippen molar-refractivity contribution < 1.29 is 4.48 Å². The number of benzene rings is 1. The molecule has 1 aromatic carbocycles. The summed E-state index contributed by atoms with van der Waals surface area (Å²) >= 11 is 0. The van der Waals surface area contributed by atoms with Gasteiger partial charge in [0.15, 0.2) is 0 Å². The minimum absolute atomic E-state index is 0.236. The minimum atomic E-state index is 0.236. The van der Waals surface area contributed by atoms with E-state index in [9.17, 15) is 4.48 Å². The third-order valence-electron chi connectivity index (χ3n) is 1.25. The SMILES string of the molecule is [B]c1ccc(CNF)cc1. The first kappa shape index (κ1) is 7.28. The maximum absolute atomic E-state index is 11.5. The van der Waals surface area contributed by atoms with Gasteiger partial charge in [0.25, 0.3) is 0 Å². The van der Waals surface area contributed by atoms with Crippen LogP contribution in [0.15, 0.2) is 24.3 Å². The molecule has 0 unspecified atom stereocenters. The summed E-state index contributed by atoms with van der Waals surface area (Å²) in [6, 6.07) is 7.04. The van der Waals surface area contributed by atoms with E-state index in [4.69, 9.17) is 7.85 Å². The molecule has 3 heteroatoms. The lowest BCUT2D eigenvalue weighted by Gasteiger charge is -1.96. The molecule has 0 aliphatic heterocycles. The van der Waals surface area contributed by atoms with E-state index in [-0.39, 0.29) is 6.54 Å². The molecule has 0 aliphatic carbocycles. The Hall–Kier alpha value is -0.825. The van der Waals surface area contributed by atoms with Gasteiger partial charge in [0, 0.05) is 0 Å². The van der Waals surface area contributed by atoms with Crippen LogP contribution in [0, 0.1) is 0 Å². The molecule has 0 bridgehead atoms. The van der Waals surface area contributed by atoms with E-state index in [1.807, 2.05) is 0 Å². The van der Waals surface area contributed by atoms with E-state index >= 15 is 0 Å². The molecule has 0 atom stereocenters. The fourth-order valence-corrected chi connectivity index (χ4v) is 0.713. The largest absolute Gasteiger partial charge is 0.155 e. The van der Waals surface area contributed by atoms with Crippen LogP contribution in [0.1, 0.15) is 5.56 Å². The number of nitrogens with one attached hydrogen (secondary N) is 1. The first-order valence-corrected chi connectivity index (χ1v) is 3.01. The van der Waals surface area contributed by atoms with Crippen molar-refractivity contribution in [2.45, 2.75) is 6.54 Å². The molecule has 0 saturated carbocycles. The van der Waals surface area contributed by atoms with Gasteiger partial charge in [-0.25, -0.2) is 0 Å². The average molecular weight is 135 g/mol. The van der Waals surface area contributed by atoms with E-state index in [0.717, 1.165) is 5.56 Å². The van der Waals surface area contributed by atoms with Crippen LogP contribution in [0.3, 0.4) is 0 Å². The fourth-order valence-electron chi connectivity index (χ4n) is 0.713. The Morgan fingerprint density at radius 1 is 1.30 bits per heavy atom. The van der Waals surface area contributed by atoms with Crippen molar-refractivity contribution in [2.75, 3.05) is 0 Å². The van der Waals surface area contributed by atoms with Gasteiger partial charge >= 0.3 is 0 Å². The molecule has 2 radical (unpaired) electrons. The highest BCUT2D eigenvalue weighted by molar-refractivity contribution is 6.32. The summed E-state index contributed by atoms with van der Waals surface area (Å²) in [4.78, 5) is 0. The van der Waals surface area contributed by atoms with E-state index in [0.29, 0.717) is 5.46 Å².